The lowest BCUT2D eigenvalue weighted by Crippen LogP contribution is -1.95. The number of nitrogens with zero attached hydrogens (tertiary/aromatic N) is 1. The minimum atomic E-state index is 0.852. The smallest absolute Gasteiger partial charge is 0.127 e. The molecule has 0 radical (unpaired) electrons. The Hall–Kier alpha value is -2.55. The van der Waals surface area contributed by atoms with E-state index in [4.69, 9.17) is 0 Å². The van der Waals surface area contributed by atoms with Crippen LogP contribution in [0.15, 0.2) is 60.8 Å². The van der Waals surface area contributed by atoms with Gasteiger partial charge in [-0.25, -0.2) is 4.98 Å². The second-order valence-electron chi connectivity index (χ2n) is 4.33. The molecule has 0 amide bonds. The van der Waals surface area contributed by atoms with Crippen LogP contribution in [0.5, 0.6) is 0 Å². The monoisotopic (exact) mass is 249 g/mol. The number of hydrogen-bond donors (Lipinski definition) is 2. The van der Waals surface area contributed by atoms with E-state index in [9.17, 15) is 0 Å². The highest BCUT2D eigenvalue weighted by Gasteiger charge is 2.01. The number of fused-ring (bicyclic) bond motifs is 1. The molecule has 3 nitrogen and oxygen atoms in total. The fourth-order valence-electron chi connectivity index (χ4n) is 2.13. The van der Waals surface area contributed by atoms with Crippen LogP contribution in [0.3, 0.4) is 0 Å². The van der Waals surface area contributed by atoms with Crippen LogP contribution in [0.4, 0.5) is 17.2 Å². The summed E-state index contributed by atoms with van der Waals surface area (Å²) in [4.78, 5) is 4.21. The van der Waals surface area contributed by atoms with Gasteiger partial charge in [0.05, 0.1) is 0 Å². The van der Waals surface area contributed by atoms with Crippen molar-refractivity contribution < 1.29 is 0 Å². The van der Waals surface area contributed by atoms with E-state index in [2.05, 4.69) is 58.1 Å². The van der Waals surface area contributed by atoms with Gasteiger partial charge >= 0.3 is 0 Å². The molecule has 0 aliphatic heterocycles. The molecule has 2 N–H and O–H groups in total. The van der Waals surface area contributed by atoms with Crippen LogP contribution < -0.4 is 10.6 Å². The van der Waals surface area contributed by atoms with Gasteiger partial charge in [0.15, 0.2) is 0 Å². The Labute approximate surface area is 112 Å². The molecule has 0 spiro atoms. The van der Waals surface area contributed by atoms with Crippen molar-refractivity contribution in [1.29, 1.82) is 0 Å². The fraction of sp³-hybridized carbons (Fsp3) is 0.0625. The Morgan fingerprint density at radius 2 is 1.79 bits per heavy atom. The molecule has 3 aromatic rings. The summed E-state index contributed by atoms with van der Waals surface area (Å²) in [6.07, 6.45) is 1.79. The highest BCUT2D eigenvalue weighted by Crippen LogP contribution is 2.26. The molecule has 3 rings (SSSR count). The third-order valence-electron chi connectivity index (χ3n) is 3.08. The van der Waals surface area contributed by atoms with E-state index in [-0.39, 0.29) is 0 Å². The highest BCUT2D eigenvalue weighted by molar-refractivity contribution is 5.95. The van der Waals surface area contributed by atoms with Crippen LogP contribution in [0.25, 0.3) is 10.8 Å². The molecule has 0 fully saturated rings. The minimum absolute atomic E-state index is 0.852. The van der Waals surface area contributed by atoms with Crippen molar-refractivity contribution >= 4 is 28.0 Å². The Balaban J connectivity index is 2.01. The van der Waals surface area contributed by atoms with Crippen molar-refractivity contribution in [1.82, 2.24) is 4.98 Å². The van der Waals surface area contributed by atoms with Gasteiger partial charge in [0.25, 0.3) is 0 Å². The first-order valence-corrected chi connectivity index (χ1v) is 6.25. The average Bonchev–Trinajstić information content (AvgIpc) is 2.48. The van der Waals surface area contributed by atoms with Crippen molar-refractivity contribution in [3.63, 3.8) is 0 Å². The average molecular weight is 249 g/mol. The molecule has 0 unspecified atom stereocenters. The number of benzene rings is 2. The molecule has 0 aliphatic rings. The van der Waals surface area contributed by atoms with Crippen LogP contribution in [0, 0.1) is 0 Å². The Kier molecular flexibility index (Phi) is 3.02. The quantitative estimate of drug-likeness (QED) is 0.736. The van der Waals surface area contributed by atoms with Crippen molar-refractivity contribution in [2.24, 2.45) is 0 Å². The molecule has 94 valence electrons. The van der Waals surface area contributed by atoms with Crippen molar-refractivity contribution in [3.8, 4) is 0 Å². The van der Waals surface area contributed by atoms with Gasteiger partial charge in [-0.3, -0.25) is 0 Å². The second-order valence-corrected chi connectivity index (χ2v) is 4.33. The topological polar surface area (TPSA) is 37.0 Å². The minimum Gasteiger partial charge on any atom is -0.373 e. The zero-order valence-corrected chi connectivity index (χ0v) is 10.7. The van der Waals surface area contributed by atoms with Crippen molar-refractivity contribution in [2.75, 3.05) is 17.7 Å². The second kappa shape index (κ2) is 4.98. The first kappa shape index (κ1) is 11.5. The zero-order valence-electron chi connectivity index (χ0n) is 10.7. The number of anilines is 3. The summed E-state index contributed by atoms with van der Waals surface area (Å²) in [5.74, 6) is 0.852. The van der Waals surface area contributed by atoms with E-state index in [0.29, 0.717) is 0 Å². The van der Waals surface area contributed by atoms with Crippen LogP contribution >= 0.6 is 0 Å². The number of hydrogen-bond acceptors (Lipinski definition) is 3. The highest BCUT2D eigenvalue weighted by atomic mass is 15.0. The molecule has 0 atom stereocenters. The molecular formula is C16H15N3. The summed E-state index contributed by atoms with van der Waals surface area (Å²) in [7, 11) is 1.87. The molecule has 0 saturated carbocycles. The lowest BCUT2D eigenvalue weighted by atomic mass is 10.1. The summed E-state index contributed by atoms with van der Waals surface area (Å²) in [6.45, 7) is 0. The normalized spacial score (nSPS) is 10.4. The maximum atomic E-state index is 4.21. The molecular weight excluding hydrogens is 234 g/mol. The van der Waals surface area contributed by atoms with E-state index in [1.54, 1.807) is 6.20 Å². The van der Waals surface area contributed by atoms with E-state index in [1.807, 2.05) is 19.2 Å². The maximum absolute atomic E-state index is 4.21. The summed E-state index contributed by atoms with van der Waals surface area (Å²) < 4.78 is 0. The Morgan fingerprint density at radius 3 is 2.68 bits per heavy atom. The molecule has 1 aromatic heterocycles. The van der Waals surface area contributed by atoms with Crippen LogP contribution in [0.1, 0.15) is 0 Å². The van der Waals surface area contributed by atoms with Gasteiger partial charge in [-0.2, -0.15) is 0 Å². The van der Waals surface area contributed by atoms with E-state index < -0.39 is 0 Å². The number of nitrogens with one attached hydrogen (secondary N) is 2. The Morgan fingerprint density at radius 1 is 0.947 bits per heavy atom. The van der Waals surface area contributed by atoms with E-state index >= 15 is 0 Å². The predicted octanol–water partition coefficient (Wildman–Crippen LogP) is 4.02. The molecule has 1 heterocycles. The van der Waals surface area contributed by atoms with Crippen LogP contribution in [0.2, 0.25) is 0 Å². The van der Waals surface area contributed by atoms with Crippen molar-refractivity contribution in [3.05, 3.63) is 60.8 Å². The Bertz CT molecular complexity index is 702. The largest absolute Gasteiger partial charge is 0.373 e. The summed E-state index contributed by atoms with van der Waals surface area (Å²) in [5, 5.41) is 8.93. The summed E-state index contributed by atoms with van der Waals surface area (Å²) in [5.41, 5.74) is 2.13. The van der Waals surface area contributed by atoms with Gasteiger partial charge in [0.2, 0.25) is 0 Å². The molecule has 0 bridgehead atoms. The molecule has 19 heavy (non-hydrogen) atoms. The first-order chi connectivity index (χ1) is 9.36. The van der Waals surface area contributed by atoms with Gasteiger partial charge < -0.3 is 10.6 Å². The maximum Gasteiger partial charge on any atom is 0.127 e. The van der Waals surface area contributed by atoms with Gasteiger partial charge in [-0.15, -0.1) is 0 Å². The first-order valence-electron chi connectivity index (χ1n) is 6.25. The van der Waals surface area contributed by atoms with Crippen LogP contribution in [-0.2, 0) is 0 Å². The van der Waals surface area contributed by atoms with Crippen molar-refractivity contribution in [2.45, 2.75) is 0 Å². The summed E-state index contributed by atoms with van der Waals surface area (Å²) in [6, 6.07) is 18.6. The summed E-state index contributed by atoms with van der Waals surface area (Å²) >= 11 is 0. The predicted molar refractivity (Wildman–Crippen MR) is 81.0 cm³/mol. The van der Waals surface area contributed by atoms with Gasteiger partial charge in [0, 0.05) is 36.1 Å². The van der Waals surface area contributed by atoms with Gasteiger partial charge in [0.1, 0.15) is 5.82 Å². The van der Waals surface area contributed by atoms with E-state index in [1.165, 1.54) is 10.8 Å². The third-order valence-corrected chi connectivity index (χ3v) is 3.08. The molecule has 0 saturated heterocycles. The van der Waals surface area contributed by atoms with Gasteiger partial charge in [-0.1, -0.05) is 36.4 Å². The standard InChI is InChI=1S/C16H15N3/c1-17-16-11-13(9-10-18-16)19-15-8-4-6-12-5-2-3-7-14(12)15/h2-11H,1H3,(H2,17,18,19). The SMILES string of the molecule is CNc1cc(Nc2cccc3ccccc23)ccn1. The third kappa shape index (κ3) is 2.36. The fourth-order valence-corrected chi connectivity index (χ4v) is 2.13. The number of rotatable bonds is 3. The lowest BCUT2D eigenvalue weighted by Gasteiger charge is -2.10. The number of pyridine rings is 1. The lowest BCUT2D eigenvalue weighted by molar-refractivity contribution is 1.29. The molecule has 3 heteroatoms. The van der Waals surface area contributed by atoms with E-state index in [0.717, 1.165) is 17.2 Å². The van der Waals surface area contributed by atoms with Crippen LogP contribution in [-0.4, -0.2) is 12.0 Å². The van der Waals surface area contributed by atoms with Gasteiger partial charge in [-0.05, 0) is 17.5 Å². The zero-order chi connectivity index (χ0) is 13.1. The molecule has 2 aromatic carbocycles. The molecule has 0 aliphatic carbocycles. The number of aromatic nitrogens is 1.